The van der Waals surface area contributed by atoms with Crippen LogP contribution in [0, 0.1) is 10.5 Å². The molecule has 0 aromatic heterocycles. The van der Waals surface area contributed by atoms with Crippen LogP contribution in [0.4, 0.5) is 10.5 Å². The van der Waals surface area contributed by atoms with Crippen LogP contribution in [0.2, 0.25) is 5.02 Å². The molecule has 1 N–H and O–H groups in total. The van der Waals surface area contributed by atoms with Gasteiger partial charge >= 0.3 is 6.03 Å². The van der Waals surface area contributed by atoms with E-state index >= 15 is 0 Å². The highest BCUT2D eigenvalue weighted by molar-refractivity contribution is 14.1. The first-order valence-electron chi connectivity index (χ1n) is 10.1. The lowest BCUT2D eigenvalue weighted by Crippen LogP contribution is -2.54. The molecule has 0 unspecified atom stereocenters. The topological polar surface area (TPSA) is 75.7 Å². The molecule has 1 aliphatic rings. The molecule has 3 aromatic carbocycles. The predicted molar refractivity (Wildman–Crippen MR) is 143 cm³/mol. The van der Waals surface area contributed by atoms with Gasteiger partial charge < -0.3 is 4.74 Å². The number of amides is 4. The summed E-state index contributed by atoms with van der Waals surface area (Å²) in [6.45, 7) is 2.22. The first-order chi connectivity index (χ1) is 16.2. The third kappa shape index (κ3) is 5.34. The Hall–Kier alpha value is -2.69. The van der Waals surface area contributed by atoms with Gasteiger partial charge in [-0.05, 0) is 99.0 Å². The van der Waals surface area contributed by atoms with Gasteiger partial charge in [0.15, 0.2) is 5.75 Å². The average molecular weight is 652 g/mol. The maximum atomic E-state index is 13.1. The number of carbonyl (C=O) groups excluding carboxylic acids is 3. The van der Waals surface area contributed by atoms with E-state index in [1.807, 2.05) is 31.2 Å². The van der Waals surface area contributed by atoms with Gasteiger partial charge in [-0.15, -0.1) is 0 Å². The Balaban J connectivity index is 1.60. The summed E-state index contributed by atoms with van der Waals surface area (Å²) in [6.07, 6.45) is 1.39. The maximum absolute atomic E-state index is 13.1. The number of urea groups is 1. The number of aryl methyl sites for hydroxylation is 1. The smallest absolute Gasteiger partial charge is 0.335 e. The Morgan fingerprint density at radius 1 is 1.06 bits per heavy atom. The summed E-state index contributed by atoms with van der Waals surface area (Å²) in [5.41, 5.74) is 2.64. The molecular formula is C25H17BrClIN2O4. The number of barbiturate groups is 1. The number of rotatable bonds is 5. The van der Waals surface area contributed by atoms with E-state index in [0.717, 1.165) is 19.6 Å². The number of ether oxygens (including phenoxy) is 1. The van der Waals surface area contributed by atoms with Gasteiger partial charge in [0, 0.05) is 3.57 Å². The minimum atomic E-state index is -0.797. The fourth-order valence-electron chi connectivity index (χ4n) is 3.29. The zero-order valence-electron chi connectivity index (χ0n) is 17.8. The van der Waals surface area contributed by atoms with Crippen molar-refractivity contribution in [1.82, 2.24) is 5.32 Å². The lowest BCUT2D eigenvalue weighted by atomic mass is 10.1. The van der Waals surface area contributed by atoms with Crippen molar-refractivity contribution in [2.75, 3.05) is 4.90 Å². The fourth-order valence-corrected chi connectivity index (χ4v) is 4.64. The summed E-state index contributed by atoms with van der Waals surface area (Å²) in [7, 11) is 0. The van der Waals surface area contributed by atoms with E-state index in [1.54, 1.807) is 36.4 Å². The number of carbonyl (C=O) groups is 3. The molecule has 1 saturated heterocycles. The summed E-state index contributed by atoms with van der Waals surface area (Å²) in [5, 5.41) is 2.52. The number of imide groups is 2. The van der Waals surface area contributed by atoms with Gasteiger partial charge in [0.25, 0.3) is 11.8 Å². The molecule has 0 radical (unpaired) electrons. The van der Waals surface area contributed by atoms with E-state index in [2.05, 4.69) is 43.8 Å². The first kappa shape index (κ1) is 24.4. The molecule has 0 saturated carbocycles. The normalized spacial score (nSPS) is 15.0. The Kier molecular flexibility index (Phi) is 7.39. The number of hydrogen-bond acceptors (Lipinski definition) is 4. The van der Waals surface area contributed by atoms with Crippen LogP contribution in [0.15, 0.2) is 70.7 Å². The lowest BCUT2D eigenvalue weighted by molar-refractivity contribution is -0.122. The second kappa shape index (κ2) is 10.3. The third-order valence-corrected chi connectivity index (χ3v) is 6.61. The fraction of sp³-hybridized carbons (Fsp3) is 0.0800. The third-order valence-electron chi connectivity index (χ3n) is 5.02. The van der Waals surface area contributed by atoms with Crippen LogP contribution in [-0.2, 0) is 16.2 Å². The molecule has 3 aromatic rings. The van der Waals surface area contributed by atoms with Gasteiger partial charge in [0.05, 0.1) is 15.2 Å². The highest BCUT2D eigenvalue weighted by Crippen LogP contribution is 2.36. The predicted octanol–water partition coefficient (Wildman–Crippen LogP) is 6.26. The number of hydrogen-bond donors (Lipinski definition) is 1. The zero-order valence-corrected chi connectivity index (χ0v) is 22.3. The van der Waals surface area contributed by atoms with E-state index in [-0.39, 0.29) is 5.57 Å². The Labute approximate surface area is 223 Å². The highest BCUT2D eigenvalue weighted by atomic mass is 127. The molecular weight excluding hydrogens is 635 g/mol. The monoisotopic (exact) mass is 650 g/mol. The minimum Gasteiger partial charge on any atom is -0.486 e. The largest absolute Gasteiger partial charge is 0.486 e. The van der Waals surface area contributed by atoms with Gasteiger partial charge in [0.2, 0.25) is 0 Å². The van der Waals surface area contributed by atoms with Crippen molar-refractivity contribution in [3.63, 3.8) is 0 Å². The zero-order chi connectivity index (χ0) is 24.4. The first-order valence-corrected chi connectivity index (χ1v) is 12.3. The van der Waals surface area contributed by atoms with Crippen LogP contribution in [-0.4, -0.2) is 17.8 Å². The minimum absolute atomic E-state index is 0.185. The van der Waals surface area contributed by atoms with Crippen molar-refractivity contribution in [2.24, 2.45) is 0 Å². The number of nitrogens with one attached hydrogen (secondary N) is 1. The Morgan fingerprint density at radius 3 is 2.38 bits per heavy atom. The second-order valence-corrected chi connectivity index (χ2v) is 10.0. The molecule has 0 bridgehead atoms. The van der Waals surface area contributed by atoms with E-state index < -0.39 is 17.8 Å². The van der Waals surface area contributed by atoms with Crippen LogP contribution in [0.25, 0.3) is 6.08 Å². The summed E-state index contributed by atoms with van der Waals surface area (Å²) >= 11 is 12.1. The van der Waals surface area contributed by atoms with Gasteiger partial charge in [-0.3, -0.25) is 14.9 Å². The second-order valence-electron chi connectivity index (χ2n) is 7.52. The molecule has 1 heterocycles. The number of halogens is 3. The van der Waals surface area contributed by atoms with Crippen molar-refractivity contribution in [1.29, 1.82) is 0 Å². The van der Waals surface area contributed by atoms with Crippen molar-refractivity contribution >= 4 is 79.7 Å². The van der Waals surface area contributed by atoms with Gasteiger partial charge in [-0.25, -0.2) is 9.69 Å². The van der Waals surface area contributed by atoms with Crippen LogP contribution >= 0.6 is 50.1 Å². The molecule has 0 atom stereocenters. The summed E-state index contributed by atoms with van der Waals surface area (Å²) in [6, 6.07) is 17.3. The molecule has 0 aliphatic carbocycles. The lowest BCUT2D eigenvalue weighted by Gasteiger charge is -2.26. The quantitative estimate of drug-likeness (QED) is 0.201. The van der Waals surface area contributed by atoms with Crippen molar-refractivity contribution in [3.8, 4) is 5.75 Å². The summed E-state index contributed by atoms with van der Waals surface area (Å²) in [4.78, 5) is 38.8. The van der Waals surface area contributed by atoms with Crippen molar-refractivity contribution < 1.29 is 19.1 Å². The highest BCUT2D eigenvalue weighted by Gasteiger charge is 2.36. The van der Waals surface area contributed by atoms with Crippen LogP contribution < -0.4 is 15.0 Å². The molecule has 4 amide bonds. The van der Waals surface area contributed by atoms with Gasteiger partial charge in [0.1, 0.15) is 12.2 Å². The molecule has 4 rings (SSSR count). The number of anilines is 1. The van der Waals surface area contributed by atoms with E-state index in [1.165, 1.54) is 6.08 Å². The molecule has 6 nitrogen and oxygen atoms in total. The Bertz CT molecular complexity index is 1300. The van der Waals surface area contributed by atoms with E-state index in [0.29, 0.717) is 33.1 Å². The summed E-state index contributed by atoms with van der Waals surface area (Å²) in [5.74, 6) is -1.05. The van der Waals surface area contributed by atoms with Crippen molar-refractivity contribution in [2.45, 2.75) is 13.5 Å². The molecule has 172 valence electrons. The van der Waals surface area contributed by atoms with Gasteiger partial charge in [-0.1, -0.05) is 41.4 Å². The van der Waals surface area contributed by atoms with Crippen LogP contribution in [0.1, 0.15) is 16.7 Å². The molecule has 9 heteroatoms. The summed E-state index contributed by atoms with van der Waals surface area (Å²) < 4.78 is 7.57. The SMILES string of the molecule is Cc1ccc(N2C(=O)NC(=O)/C(=C\c3cc(Cl)c(OCc4ccc(I)cc4)c(Br)c3)C2=O)cc1. The van der Waals surface area contributed by atoms with Crippen LogP contribution in [0.3, 0.4) is 0 Å². The number of benzene rings is 3. The molecule has 1 fully saturated rings. The standard InChI is InChI=1S/C25H17BrClIN2O4/c1-14-2-8-18(9-3-14)30-24(32)19(23(31)29-25(30)33)10-16-11-20(26)22(21(27)12-16)34-13-15-4-6-17(28)7-5-15/h2-12H,13H2,1H3,(H,29,31,33)/b19-10+. The number of nitrogens with zero attached hydrogens (tertiary/aromatic N) is 1. The maximum Gasteiger partial charge on any atom is 0.335 e. The Morgan fingerprint density at radius 2 is 1.74 bits per heavy atom. The van der Waals surface area contributed by atoms with Crippen LogP contribution in [0.5, 0.6) is 5.75 Å². The molecule has 34 heavy (non-hydrogen) atoms. The van der Waals surface area contributed by atoms with Crippen molar-refractivity contribution in [3.05, 3.63) is 96.0 Å². The average Bonchev–Trinajstić information content (AvgIpc) is 2.78. The molecule has 0 spiro atoms. The van der Waals surface area contributed by atoms with E-state index in [9.17, 15) is 14.4 Å². The van der Waals surface area contributed by atoms with Gasteiger partial charge in [-0.2, -0.15) is 0 Å². The molecule has 1 aliphatic heterocycles. The van der Waals surface area contributed by atoms with E-state index in [4.69, 9.17) is 16.3 Å².